The van der Waals surface area contributed by atoms with E-state index < -0.39 is 6.85 Å². The summed E-state index contributed by atoms with van der Waals surface area (Å²) < 4.78 is 22.3. The Labute approximate surface area is 88.7 Å². The summed E-state index contributed by atoms with van der Waals surface area (Å²) in [6.45, 7) is -0.183. The number of hydrogen-bond acceptors (Lipinski definition) is 1. The Bertz CT molecular complexity index is 518. The molecule has 0 saturated heterocycles. The van der Waals surface area contributed by atoms with Crippen LogP contribution in [0.4, 0.5) is 0 Å². The van der Waals surface area contributed by atoms with Gasteiger partial charge >= 0.3 is 0 Å². The highest BCUT2D eigenvalue weighted by molar-refractivity contribution is 5.60. The number of hydrogen-bond donors (Lipinski definition) is 0. The van der Waals surface area contributed by atoms with E-state index in [2.05, 4.69) is 4.98 Å². The molecule has 1 heterocycles. The predicted octanol–water partition coefficient (Wildman–Crippen LogP) is 3.37. The number of aromatic nitrogens is 1. The highest BCUT2D eigenvalue weighted by Crippen LogP contribution is 2.19. The van der Waals surface area contributed by atoms with Gasteiger partial charge in [0.25, 0.3) is 0 Å². The summed E-state index contributed by atoms with van der Waals surface area (Å²) in [5, 5.41) is 0. The topological polar surface area (TPSA) is 12.9 Å². The fraction of sp³-hybridized carbons (Fsp3) is 0.154. The first-order valence-electron chi connectivity index (χ1n) is 6.00. The summed E-state index contributed by atoms with van der Waals surface area (Å²) in [4.78, 5) is 4.23. The second-order valence-electron chi connectivity index (χ2n) is 3.30. The first-order valence-corrected chi connectivity index (χ1v) is 4.50. The first-order chi connectivity index (χ1) is 7.97. The summed E-state index contributed by atoms with van der Waals surface area (Å²) in [6.07, 6.45) is 1.70. The van der Waals surface area contributed by atoms with Gasteiger partial charge in [-0.2, -0.15) is 0 Å². The third kappa shape index (κ3) is 1.82. The van der Waals surface area contributed by atoms with Gasteiger partial charge in [-0.25, -0.2) is 0 Å². The zero-order chi connectivity index (χ0) is 12.5. The lowest BCUT2D eigenvalue weighted by atomic mass is 10.0. The Morgan fingerprint density at radius 2 is 2.00 bits per heavy atom. The van der Waals surface area contributed by atoms with E-state index >= 15 is 0 Å². The average molecular weight is 186 g/mol. The standard InChI is InChI=1S/C13H13N/c1-10-7-11(2)9-12(8-10)13-5-3-4-6-14-13/h3-9H,1-2H3/i1D3. The van der Waals surface area contributed by atoms with Crippen molar-refractivity contribution in [1.29, 1.82) is 0 Å². The van der Waals surface area contributed by atoms with Crippen molar-refractivity contribution in [2.75, 3.05) is 0 Å². The molecule has 1 aromatic carbocycles. The molecule has 0 aliphatic heterocycles. The van der Waals surface area contributed by atoms with Crippen LogP contribution in [0, 0.1) is 13.8 Å². The fourth-order valence-electron chi connectivity index (χ4n) is 1.46. The zero-order valence-corrected chi connectivity index (χ0v) is 7.99. The van der Waals surface area contributed by atoms with Crippen molar-refractivity contribution in [1.82, 2.24) is 4.98 Å². The van der Waals surface area contributed by atoms with Crippen LogP contribution in [0.15, 0.2) is 42.6 Å². The van der Waals surface area contributed by atoms with Gasteiger partial charge in [0.15, 0.2) is 0 Å². The third-order valence-electron chi connectivity index (χ3n) is 2.04. The van der Waals surface area contributed by atoms with E-state index in [-0.39, 0.29) is 0 Å². The van der Waals surface area contributed by atoms with Gasteiger partial charge in [0.1, 0.15) is 0 Å². The van der Waals surface area contributed by atoms with Crippen LogP contribution < -0.4 is 0 Å². The molecule has 0 radical (unpaired) electrons. The summed E-state index contributed by atoms with van der Waals surface area (Å²) in [6, 6.07) is 10.9. The van der Waals surface area contributed by atoms with Crippen LogP contribution in [0.5, 0.6) is 0 Å². The van der Waals surface area contributed by atoms with Crippen LogP contribution in [-0.2, 0) is 0 Å². The van der Waals surface area contributed by atoms with Gasteiger partial charge in [-0.05, 0) is 38.0 Å². The van der Waals surface area contributed by atoms with E-state index in [4.69, 9.17) is 4.11 Å². The lowest BCUT2D eigenvalue weighted by Crippen LogP contribution is -1.84. The zero-order valence-electron chi connectivity index (χ0n) is 11.0. The number of aryl methyl sites for hydroxylation is 2. The second kappa shape index (κ2) is 3.62. The van der Waals surface area contributed by atoms with Crippen LogP contribution in [-0.4, -0.2) is 4.98 Å². The van der Waals surface area contributed by atoms with Gasteiger partial charge in [0, 0.05) is 15.9 Å². The number of rotatable bonds is 1. The van der Waals surface area contributed by atoms with E-state index in [1.165, 1.54) is 0 Å². The minimum Gasteiger partial charge on any atom is -0.256 e. The minimum atomic E-state index is -2.07. The second-order valence-corrected chi connectivity index (χ2v) is 3.30. The minimum absolute atomic E-state index is 0.359. The maximum atomic E-state index is 7.44. The molecule has 1 aromatic heterocycles. The lowest BCUT2D eigenvalue weighted by Gasteiger charge is -2.03. The van der Waals surface area contributed by atoms with Crippen molar-refractivity contribution in [3.05, 3.63) is 53.7 Å². The molecule has 1 nitrogen and oxygen atoms in total. The third-order valence-corrected chi connectivity index (χ3v) is 2.04. The van der Waals surface area contributed by atoms with Crippen molar-refractivity contribution in [2.45, 2.75) is 13.8 Å². The first kappa shape index (κ1) is 5.97. The Hall–Kier alpha value is -1.63. The van der Waals surface area contributed by atoms with Gasteiger partial charge in [0.2, 0.25) is 0 Å². The van der Waals surface area contributed by atoms with Gasteiger partial charge < -0.3 is 0 Å². The molecule has 0 saturated carbocycles. The largest absolute Gasteiger partial charge is 0.256 e. The van der Waals surface area contributed by atoms with E-state index in [0.29, 0.717) is 5.56 Å². The highest BCUT2D eigenvalue weighted by atomic mass is 14.7. The molecular weight excluding hydrogens is 170 g/mol. The van der Waals surface area contributed by atoms with Crippen molar-refractivity contribution in [3.63, 3.8) is 0 Å². The van der Waals surface area contributed by atoms with Gasteiger partial charge in [0.05, 0.1) is 5.69 Å². The molecule has 70 valence electrons. The van der Waals surface area contributed by atoms with Crippen molar-refractivity contribution < 1.29 is 4.11 Å². The summed E-state index contributed by atoms with van der Waals surface area (Å²) >= 11 is 0. The number of benzene rings is 1. The van der Waals surface area contributed by atoms with Crippen molar-refractivity contribution >= 4 is 0 Å². The molecule has 0 N–H and O–H groups in total. The molecule has 0 fully saturated rings. The van der Waals surface area contributed by atoms with Crippen LogP contribution >= 0.6 is 0 Å². The van der Waals surface area contributed by atoms with Gasteiger partial charge in [-0.15, -0.1) is 0 Å². The normalized spacial score (nSPS) is 14.2. The predicted molar refractivity (Wildman–Crippen MR) is 59.1 cm³/mol. The molecule has 0 amide bonds. The molecule has 0 bridgehead atoms. The molecule has 1 heteroatoms. The maximum absolute atomic E-state index is 7.44. The van der Waals surface area contributed by atoms with Crippen molar-refractivity contribution in [3.8, 4) is 11.3 Å². The van der Waals surface area contributed by atoms with E-state index in [1.54, 1.807) is 18.3 Å². The average Bonchev–Trinajstić information content (AvgIpc) is 2.28. The smallest absolute Gasteiger partial charge is 0.0702 e. The Kier molecular flexibility index (Phi) is 1.54. The Morgan fingerprint density at radius 3 is 2.71 bits per heavy atom. The van der Waals surface area contributed by atoms with Crippen LogP contribution in [0.1, 0.15) is 15.2 Å². The quantitative estimate of drug-likeness (QED) is 0.665. The van der Waals surface area contributed by atoms with Gasteiger partial charge in [-0.1, -0.05) is 23.3 Å². The molecule has 0 atom stereocenters. The van der Waals surface area contributed by atoms with Gasteiger partial charge in [-0.3, -0.25) is 4.98 Å². The summed E-state index contributed by atoms with van der Waals surface area (Å²) in [7, 11) is 0. The molecule has 14 heavy (non-hydrogen) atoms. The molecule has 0 spiro atoms. The lowest BCUT2D eigenvalue weighted by molar-refractivity contribution is 1.30. The SMILES string of the molecule is [2H]C([2H])([2H])c1cc(C)cc(-c2ccccn2)c1. The van der Waals surface area contributed by atoms with Crippen LogP contribution in [0.2, 0.25) is 0 Å². The van der Waals surface area contributed by atoms with E-state index in [0.717, 1.165) is 16.8 Å². The van der Waals surface area contributed by atoms with Crippen LogP contribution in [0.3, 0.4) is 0 Å². The molecule has 0 aliphatic carbocycles. The molecule has 0 aliphatic rings. The highest BCUT2D eigenvalue weighted by Gasteiger charge is 1.99. The molecular formula is C13H13N. The Balaban J connectivity index is 2.54. The number of pyridine rings is 1. The maximum Gasteiger partial charge on any atom is 0.0702 e. The monoisotopic (exact) mass is 186 g/mol. The van der Waals surface area contributed by atoms with Crippen LogP contribution in [0.25, 0.3) is 11.3 Å². The van der Waals surface area contributed by atoms with Crippen molar-refractivity contribution in [2.24, 2.45) is 0 Å². The number of nitrogens with zero attached hydrogens (tertiary/aromatic N) is 1. The molecule has 0 unspecified atom stereocenters. The summed E-state index contributed by atoms with van der Waals surface area (Å²) in [5.41, 5.74) is 2.93. The molecule has 2 rings (SSSR count). The Morgan fingerprint density at radius 1 is 1.14 bits per heavy atom. The van der Waals surface area contributed by atoms with E-state index in [1.807, 2.05) is 31.2 Å². The summed E-state index contributed by atoms with van der Waals surface area (Å²) in [5.74, 6) is 0. The fourth-order valence-corrected chi connectivity index (χ4v) is 1.46. The van der Waals surface area contributed by atoms with E-state index in [9.17, 15) is 0 Å². The molecule has 2 aromatic rings.